The van der Waals surface area contributed by atoms with Crippen LogP contribution in [0.5, 0.6) is 5.75 Å². The van der Waals surface area contributed by atoms with Crippen LogP contribution in [0.15, 0.2) is 79.4 Å². The van der Waals surface area contributed by atoms with E-state index in [2.05, 4.69) is 17.5 Å². The largest absolute Gasteiger partial charge is 0.508 e. The second-order valence-corrected chi connectivity index (χ2v) is 10.8. The summed E-state index contributed by atoms with van der Waals surface area (Å²) < 4.78 is 6.00. The molecule has 5 rings (SSSR count). The van der Waals surface area contributed by atoms with Crippen LogP contribution in [0.3, 0.4) is 0 Å². The van der Waals surface area contributed by atoms with Crippen molar-refractivity contribution >= 4 is 22.6 Å². The van der Waals surface area contributed by atoms with Crippen molar-refractivity contribution in [1.82, 2.24) is 9.80 Å². The molecule has 1 amide bonds. The molecule has 1 saturated carbocycles. The van der Waals surface area contributed by atoms with Crippen LogP contribution in [0.25, 0.3) is 10.8 Å². The minimum Gasteiger partial charge on any atom is -0.508 e. The van der Waals surface area contributed by atoms with E-state index in [0.29, 0.717) is 12.0 Å². The molecule has 2 fully saturated rings. The number of phenols is 1. The Morgan fingerprint density at radius 2 is 1.92 bits per heavy atom. The Morgan fingerprint density at radius 1 is 1.13 bits per heavy atom. The molecule has 1 heterocycles. The number of rotatable bonds is 6. The molecule has 0 aromatic heterocycles. The smallest absolute Gasteiger partial charge is 0.302 e. The average Bonchev–Trinajstić information content (AvgIpc) is 2.92. The Balaban J connectivity index is 1.52. The summed E-state index contributed by atoms with van der Waals surface area (Å²) in [6.45, 7) is 7.75. The van der Waals surface area contributed by atoms with Crippen LogP contribution < -0.4 is 0 Å². The number of esters is 1. The van der Waals surface area contributed by atoms with Crippen LogP contribution in [0.4, 0.5) is 0 Å². The van der Waals surface area contributed by atoms with Gasteiger partial charge in [0, 0.05) is 56.4 Å². The third-order valence-electron chi connectivity index (χ3n) is 8.58. The van der Waals surface area contributed by atoms with E-state index in [9.17, 15) is 14.7 Å². The number of benzene rings is 3. The fraction of sp³-hybridized carbons (Fsp3) is 0.375. The molecule has 0 bridgehead atoms. The third kappa shape index (κ3) is 4.93. The zero-order valence-corrected chi connectivity index (χ0v) is 22.2. The van der Waals surface area contributed by atoms with E-state index in [4.69, 9.17) is 4.74 Å². The number of hydrogen-bond acceptors (Lipinski definition) is 5. The minimum atomic E-state index is -0.354. The molecule has 38 heavy (non-hydrogen) atoms. The molecule has 1 aliphatic heterocycles. The normalized spacial score (nSPS) is 25.4. The van der Waals surface area contributed by atoms with Crippen molar-refractivity contribution in [3.05, 3.63) is 90.5 Å². The SMILES string of the molecule is C=CCN1CC[C@@]2(c3cccc(O)c3)C[C@H](N(C)C(=O)c3ccc4ccccc4c3)CC(OC(C)=O)[C@@H]2C1. The van der Waals surface area contributed by atoms with Gasteiger partial charge in [0.25, 0.3) is 5.91 Å². The highest BCUT2D eigenvalue weighted by Gasteiger charge is 2.54. The molecule has 4 atom stereocenters. The quantitative estimate of drug-likeness (QED) is 0.365. The second kappa shape index (κ2) is 10.6. The molecule has 0 radical (unpaired) electrons. The molecular formula is C32H36N2O4. The number of amides is 1. The lowest BCUT2D eigenvalue weighted by Crippen LogP contribution is -2.61. The maximum absolute atomic E-state index is 13.8. The first-order valence-electron chi connectivity index (χ1n) is 13.4. The standard InChI is InChI=1S/C32H36N2O4/c1-4-15-34-16-14-32(26-10-7-11-28(36)18-26)20-27(19-30(29(32)21-34)38-22(2)35)33(3)31(37)25-13-12-23-8-5-6-9-24(23)17-25/h4-13,17-18,27,29-30,36H,1,14-16,19-21H2,2-3H3/t27-,29+,30?,32+/m1/s1. The molecule has 1 N–H and O–H groups in total. The van der Waals surface area contributed by atoms with Crippen molar-refractivity contribution in [3.8, 4) is 5.75 Å². The van der Waals surface area contributed by atoms with Gasteiger partial charge in [0.05, 0.1) is 0 Å². The third-order valence-corrected chi connectivity index (χ3v) is 8.58. The summed E-state index contributed by atoms with van der Waals surface area (Å²) >= 11 is 0. The topological polar surface area (TPSA) is 70.1 Å². The summed E-state index contributed by atoms with van der Waals surface area (Å²) in [7, 11) is 1.86. The fourth-order valence-electron chi connectivity index (χ4n) is 6.72. The lowest BCUT2D eigenvalue weighted by Gasteiger charge is -2.56. The number of aromatic hydroxyl groups is 1. The Bertz CT molecular complexity index is 1350. The summed E-state index contributed by atoms with van der Waals surface area (Å²) in [5.74, 6) is -0.112. The van der Waals surface area contributed by atoms with E-state index in [1.165, 1.54) is 6.92 Å². The van der Waals surface area contributed by atoms with Crippen LogP contribution in [-0.4, -0.2) is 65.6 Å². The van der Waals surface area contributed by atoms with Gasteiger partial charge < -0.3 is 14.7 Å². The fourth-order valence-corrected chi connectivity index (χ4v) is 6.72. The lowest BCUT2D eigenvalue weighted by atomic mass is 9.56. The Morgan fingerprint density at radius 3 is 2.66 bits per heavy atom. The summed E-state index contributed by atoms with van der Waals surface area (Å²) in [6, 6.07) is 21.2. The van der Waals surface area contributed by atoms with Gasteiger partial charge in [-0.15, -0.1) is 6.58 Å². The molecule has 3 aromatic rings. The zero-order valence-electron chi connectivity index (χ0n) is 22.2. The molecule has 1 unspecified atom stereocenters. The van der Waals surface area contributed by atoms with Crippen molar-refractivity contribution in [2.45, 2.75) is 43.7 Å². The summed E-state index contributed by atoms with van der Waals surface area (Å²) in [5, 5.41) is 12.5. The number of carbonyl (C=O) groups is 2. The van der Waals surface area contributed by atoms with Gasteiger partial charge in [-0.25, -0.2) is 0 Å². The highest BCUT2D eigenvalue weighted by Crippen LogP contribution is 2.51. The van der Waals surface area contributed by atoms with Gasteiger partial charge in [-0.1, -0.05) is 48.5 Å². The Labute approximate surface area is 224 Å². The van der Waals surface area contributed by atoms with Gasteiger partial charge in [0.1, 0.15) is 11.9 Å². The van der Waals surface area contributed by atoms with E-state index in [1.807, 2.05) is 72.6 Å². The van der Waals surface area contributed by atoms with E-state index < -0.39 is 0 Å². The number of phenolic OH excluding ortho intramolecular Hbond substituents is 1. The molecule has 1 aliphatic carbocycles. The molecule has 2 aliphatic rings. The summed E-state index contributed by atoms with van der Waals surface area (Å²) in [5.41, 5.74) is 1.33. The van der Waals surface area contributed by atoms with Crippen LogP contribution in [-0.2, 0) is 14.9 Å². The number of fused-ring (bicyclic) bond motifs is 2. The number of carbonyl (C=O) groups excluding carboxylic acids is 2. The van der Waals surface area contributed by atoms with Crippen molar-refractivity contribution in [2.24, 2.45) is 5.92 Å². The van der Waals surface area contributed by atoms with Gasteiger partial charge in [0.15, 0.2) is 0 Å². The van der Waals surface area contributed by atoms with E-state index in [0.717, 1.165) is 48.8 Å². The lowest BCUT2D eigenvalue weighted by molar-refractivity contribution is -0.158. The number of ether oxygens (including phenoxy) is 1. The number of piperidine rings is 1. The maximum Gasteiger partial charge on any atom is 0.302 e. The van der Waals surface area contributed by atoms with Gasteiger partial charge >= 0.3 is 5.97 Å². The predicted octanol–water partition coefficient (Wildman–Crippen LogP) is 5.16. The molecule has 6 heteroatoms. The van der Waals surface area contributed by atoms with Gasteiger partial charge in [-0.2, -0.15) is 0 Å². The first-order chi connectivity index (χ1) is 18.3. The molecule has 1 saturated heterocycles. The first kappa shape index (κ1) is 26.0. The monoisotopic (exact) mass is 512 g/mol. The molecule has 198 valence electrons. The van der Waals surface area contributed by atoms with E-state index in [-0.39, 0.29) is 41.1 Å². The minimum absolute atomic E-state index is 0.0299. The maximum atomic E-state index is 13.8. The average molecular weight is 513 g/mol. The van der Waals surface area contributed by atoms with Crippen LogP contribution >= 0.6 is 0 Å². The number of hydrogen-bond donors (Lipinski definition) is 1. The summed E-state index contributed by atoms with van der Waals surface area (Å²) in [4.78, 5) is 30.2. The Hall–Kier alpha value is -3.64. The number of likely N-dealkylation sites (tertiary alicyclic amines) is 1. The summed E-state index contributed by atoms with van der Waals surface area (Å²) in [6.07, 6.45) is 3.69. The zero-order chi connectivity index (χ0) is 26.9. The Kier molecular flexibility index (Phi) is 7.26. The van der Waals surface area contributed by atoms with Gasteiger partial charge in [-0.05, 0) is 60.0 Å². The highest BCUT2D eigenvalue weighted by molar-refractivity contribution is 5.98. The second-order valence-electron chi connectivity index (χ2n) is 10.8. The van der Waals surface area contributed by atoms with Crippen molar-refractivity contribution in [3.63, 3.8) is 0 Å². The predicted molar refractivity (Wildman–Crippen MR) is 149 cm³/mol. The van der Waals surface area contributed by atoms with Gasteiger partial charge in [0.2, 0.25) is 0 Å². The molecule has 6 nitrogen and oxygen atoms in total. The van der Waals surface area contributed by atoms with Crippen molar-refractivity contribution in [1.29, 1.82) is 0 Å². The van der Waals surface area contributed by atoms with Crippen LogP contribution in [0.2, 0.25) is 0 Å². The van der Waals surface area contributed by atoms with E-state index >= 15 is 0 Å². The van der Waals surface area contributed by atoms with Gasteiger partial charge in [-0.3, -0.25) is 14.5 Å². The molecule has 3 aromatic carbocycles. The molecule has 0 spiro atoms. The van der Waals surface area contributed by atoms with E-state index in [1.54, 1.807) is 6.07 Å². The number of nitrogens with zero attached hydrogens (tertiary/aromatic N) is 2. The van der Waals surface area contributed by atoms with Crippen LogP contribution in [0, 0.1) is 5.92 Å². The van der Waals surface area contributed by atoms with Crippen molar-refractivity contribution < 1.29 is 19.4 Å². The molecular weight excluding hydrogens is 476 g/mol. The van der Waals surface area contributed by atoms with Crippen LogP contribution in [0.1, 0.15) is 42.1 Å². The highest BCUT2D eigenvalue weighted by atomic mass is 16.5. The van der Waals surface area contributed by atoms with Crippen molar-refractivity contribution in [2.75, 3.05) is 26.7 Å². The first-order valence-corrected chi connectivity index (χ1v) is 13.4.